The highest BCUT2D eigenvalue weighted by molar-refractivity contribution is 6.02. The number of aromatic nitrogens is 3. The Morgan fingerprint density at radius 1 is 1.16 bits per heavy atom. The second kappa shape index (κ2) is 5.90. The molecule has 0 bridgehead atoms. The number of imidazole rings is 1. The van der Waals surface area contributed by atoms with Crippen LogP contribution in [0.3, 0.4) is 0 Å². The van der Waals surface area contributed by atoms with Crippen molar-refractivity contribution in [2.24, 2.45) is 0 Å². The minimum atomic E-state index is -0.314. The zero-order valence-corrected chi connectivity index (χ0v) is 13.9. The molecule has 3 heterocycles. The molecule has 0 aliphatic carbocycles. The van der Waals surface area contributed by atoms with Crippen molar-refractivity contribution in [1.29, 1.82) is 0 Å². The van der Waals surface area contributed by atoms with Gasteiger partial charge in [-0.2, -0.15) is 0 Å². The lowest BCUT2D eigenvalue weighted by Gasteiger charge is -2.04. The monoisotopic (exact) mass is 332 g/mol. The number of carbonyl (C=O) groups is 1. The number of aryl methyl sites for hydroxylation is 2. The Kier molecular flexibility index (Phi) is 3.57. The summed E-state index contributed by atoms with van der Waals surface area (Å²) in [5.41, 5.74) is 5.20. The molecule has 0 fully saturated rings. The van der Waals surface area contributed by atoms with Crippen molar-refractivity contribution in [1.82, 2.24) is 14.4 Å². The third-order valence-corrected chi connectivity index (χ3v) is 4.01. The fourth-order valence-corrected chi connectivity index (χ4v) is 2.65. The Labute approximate surface area is 144 Å². The van der Waals surface area contributed by atoms with Gasteiger partial charge in [-0.05, 0) is 43.7 Å². The van der Waals surface area contributed by atoms with Crippen molar-refractivity contribution in [3.8, 4) is 11.3 Å². The number of anilines is 1. The molecule has 0 aliphatic heterocycles. The maximum atomic E-state index is 12.1. The molecule has 0 unspecified atom stereocenters. The van der Waals surface area contributed by atoms with Crippen LogP contribution in [0.2, 0.25) is 0 Å². The molecule has 25 heavy (non-hydrogen) atoms. The first-order valence-corrected chi connectivity index (χ1v) is 7.87. The van der Waals surface area contributed by atoms with E-state index in [1.54, 1.807) is 6.92 Å². The largest absolute Gasteiger partial charge is 0.438 e. The van der Waals surface area contributed by atoms with Gasteiger partial charge in [-0.1, -0.05) is 12.1 Å². The summed E-state index contributed by atoms with van der Waals surface area (Å²) >= 11 is 0. The molecule has 124 valence electrons. The van der Waals surface area contributed by atoms with Crippen molar-refractivity contribution in [2.75, 3.05) is 5.32 Å². The van der Waals surface area contributed by atoms with E-state index in [0.717, 1.165) is 16.9 Å². The van der Waals surface area contributed by atoms with Gasteiger partial charge in [-0.25, -0.2) is 9.97 Å². The second-order valence-electron chi connectivity index (χ2n) is 5.89. The molecule has 0 atom stereocenters. The van der Waals surface area contributed by atoms with Gasteiger partial charge in [0.05, 0.1) is 11.4 Å². The van der Waals surface area contributed by atoms with Crippen LogP contribution in [0.4, 0.5) is 5.69 Å². The number of amides is 1. The molecule has 0 spiro atoms. The van der Waals surface area contributed by atoms with Crippen molar-refractivity contribution < 1.29 is 9.21 Å². The van der Waals surface area contributed by atoms with E-state index in [4.69, 9.17) is 4.42 Å². The van der Waals surface area contributed by atoms with Gasteiger partial charge < -0.3 is 14.1 Å². The number of benzene rings is 1. The summed E-state index contributed by atoms with van der Waals surface area (Å²) < 4.78 is 7.09. The zero-order valence-electron chi connectivity index (χ0n) is 13.9. The summed E-state index contributed by atoms with van der Waals surface area (Å²) in [5.74, 6) is -0.0919. The zero-order chi connectivity index (χ0) is 17.4. The van der Waals surface area contributed by atoms with Gasteiger partial charge >= 0.3 is 0 Å². The molecule has 1 amide bonds. The third kappa shape index (κ3) is 2.89. The van der Waals surface area contributed by atoms with Crippen LogP contribution in [0, 0.1) is 13.8 Å². The summed E-state index contributed by atoms with van der Waals surface area (Å²) in [7, 11) is 0. The highest BCUT2D eigenvalue weighted by Gasteiger charge is 2.14. The normalized spacial score (nSPS) is 11.0. The molecule has 0 saturated heterocycles. The summed E-state index contributed by atoms with van der Waals surface area (Å²) in [5, 5.41) is 2.80. The number of rotatable bonds is 3. The number of hydrogen-bond donors (Lipinski definition) is 1. The minimum absolute atomic E-state index is 0.222. The first-order valence-electron chi connectivity index (χ1n) is 7.87. The van der Waals surface area contributed by atoms with E-state index in [0.29, 0.717) is 11.4 Å². The van der Waals surface area contributed by atoms with Crippen molar-refractivity contribution >= 4 is 17.2 Å². The van der Waals surface area contributed by atoms with Gasteiger partial charge in [-0.3, -0.25) is 4.79 Å². The number of hydrogen-bond acceptors (Lipinski definition) is 4. The van der Waals surface area contributed by atoms with Crippen LogP contribution in [-0.4, -0.2) is 20.3 Å². The van der Waals surface area contributed by atoms with E-state index in [9.17, 15) is 4.79 Å². The lowest BCUT2D eigenvalue weighted by Crippen LogP contribution is -2.12. The van der Waals surface area contributed by atoms with Crippen molar-refractivity contribution in [3.05, 3.63) is 72.2 Å². The lowest BCUT2D eigenvalue weighted by molar-refractivity contribution is 0.0996. The molecular weight excluding hydrogens is 316 g/mol. The van der Waals surface area contributed by atoms with Crippen LogP contribution in [-0.2, 0) is 0 Å². The second-order valence-corrected chi connectivity index (χ2v) is 5.89. The number of fused-ring (bicyclic) bond motifs is 1. The standard InChI is InChI=1S/C19H16N4O2/c1-12-7-8-23-10-16(22-17(23)9-12)14-3-5-15(6-4-14)21-19(24)18-13(2)20-11-25-18/h3-11H,1-2H3,(H,21,24). The van der Waals surface area contributed by atoms with Crippen LogP contribution in [0.25, 0.3) is 16.9 Å². The summed E-state index contributed by atoms with van der Waals surface area (Å²) in [4.78, 5) is 20.7. The molecule has 0 saturated carbocycles. The van der Waals surface area contributed by atoms with Gasteiger partial charge in [0.1, 0.15) is 5.65 Å². The predicted molar refractivity (Wildman–Crippen MR) is 94.6 cm³/mol. The molecule has 6 heteroatoms. The summed E-state index contributed by atoms with van der Waals surface area (Å²) in [6, 6.07) is 11.6. The molecular formula is C19H16N4O2. The molecule has 4 aromatic rings. The Morgan fingerprint density at radius 2 is 1.96 bits per heavy atom. The quantitative estimate of drug-likeness (QED) is 0.618. The minimum Gasteiger partial charge on any atom is -0.438 e. The van der Waals surface area contributed by atoms with Crippen molar-refractivity contribution in [3.63, 3.8) is 0 Å². The Balaban J connectivity index is 1.57. The molecule has 0 aliphatic rings. The Bertz CT molecular complexity index is 1060. The smallest absolute Gasteiger partial charge is 0.293 e. The van der Waals surface area contributed by atoms with Crippen molar-refractivity contribution in [2.45, 2.75) is 13.8 Å². The Morgan fingerprint density at radius 3 is 2.68 bits per heavy atom. The van der Waals surface area contributed by atoms with E-state index in [1.165, 1.54) is 12.0 Å². The average molecular weight is 332 g/mol. The molecule has 1 aromatic carbocycles. The van der Waals surface area contributed by atoms with Crippen LogP contribution in [0.15, 0.2) is 59.6 Å². The third-order valence-electron chi connectivity index (χ3n) is 4.01. The van der Waals surface area contributed by atoms with E-state index >= 15 is 0 Å². The summed E-state index contributed by atoms with van der Waals surface area (Å²) in [6.07, 6.45) is 5.24. The molecule has 6 nitrogen and oxygen atoms in total. The summed E-state index contributed by atoms with van der Waals surface area (Å²) in [6.45, 7) is 3.77. The lowest BCUT2D eigenvalue weighted by atomic mass is 10.1. The van der Waals surface area contributed by atoms with E-state index in [1.807, 2.05) is 60.1 Å². The number of pyridine rings is 1. The topological polar surface area (TPSA) is 72.4 Å². The van der Waals surface area contributed by atoms with E-state index in [-0.39, 0.29) is 11.7 Å². The SMILES string of the molecule is Cc1ccn2cc(-c3ccc(NC(=O)c4ocnc4C)cc3)nc2c1. The highest BCUT2D eigenvalue weighted by Crippen LogP contribution is 2.22. The van der Waals surface area contributed by atoms with Crippen LogP contribution in [0.1, 0.15) is 21.8 Å². The number of nitrogens with one attached hydrogen (secondary N) is 1. The van der Waals surface area contributed by atoms with E-state index in [2.05, 4.69) is 15.3 Å². The van der Waals surface area contributed by atoms with Crippen LogP contribution < -0.4 is 5.32 Å². The first-order chi connectivity index (χ1) is 12.1. The maximum absolute atomic E-state index is 12.1. The van der Waals surface area contributed by atoms with Gasteiger partial charge in [0.15, 0.2) is 6.39 Å². The maximum Gasteiger partial charge on any atom is 0.293 e. The molecule has 0 radical (unpaired) electrons. The fourth-order valence-electron chi connectivity index (χ4n) is 2.65. The Hall–Kier alpha value is -3.41. The molecule has 1 N–H and O–H groups in total. The first kappa shape index (κ1) is 15.1. The molecule has 4 rings (SSSR count). The van der Waals surface area contributed by atoms with Gasteiger partial charge in [-0.15, -0.1) is 0 Å². The fraction of sp³-hybridized carbons (Fsp3) is 0.105. The average Bonchev–Trinajstić information content (AvgIpc) is 3.21. The van der Waals surface area contributed by atoms with E-state index < -0.39 is 0 Å². The number of oxazole rings is 1. The van der Waals surface area contributed by atoms with Gasteiger partial charge in [0, 0.05) is 23.6 Å². The van der Waals surface area contributed by atoms with Crippen LogP contribution >= 0.6 is 0 Å². The number of carbonyl (C=O) groups excluding carboxylic acids is 1. The number of nitrogens with zero attached hydrogens (tertiary/aromatic N) is 3. The van der Waals surface area contributed by atoms with Crippen LogP contribution in [0.5, 0.6) is 0 Å². The highest BCUT2D eigenvalue weighted by atomic mass is 16.3. The predicted octanol–water partition coefficient (Wildman–Crippen LogP) is 3.86. The molecule has 3 aromatic heterocycles. The van der Waals surface area contributed by atoms with Gasteiger partial charge in [0.25, 0.3) is 5.91 Å². The van der Waals surface area contributed by atoms with Gasteiger partial charge in [0.2, 0.25) is 5.76 Å².